The van der Waals surface area contributed by atoms with Gasteiger partial charge in [-0.15, -0.1) is 0 Å². The number of nitrogens with zero attached hydrogens (tertiary/aromatic N) is 1. The second-order valence-electron chi connectivity index (χ2n) is 6.82. The van der Waals surface area contributed by atoms with Crippen molar-refractivity contribution < 1.29 is 18.7 Å². The van der Waals surface area contributed by atoms with Crippen molar-refractivity contribution in [3.05, 3.63) is 75.4 Å². The van der Waals surface area contributed by atoms with E-state index >= 15 is 0 Å². The van der Waals surface area contributed by atoms with Gasteiger partial charge in [0.25, 0.3) is 0 Å². The lowest BCUT2D eigenvalue weighted by atomic mass is 10.1. The molecule has 1 aromatic carbocycles. The monoisotopic (exact) mass is 473 g/mol. The molecule has 0 aliphatic heterocycles. The minimum Gasteiger partial charge on any atom is -0.467 e. The zero-order chi connectivity index (χ0) is 21.7. The number of aryl methyl sites for hydroxylation is 1. The molecule has 3 rings (SSSR count). The molecular formula is C22H24BrN3O4. The van der Waals surface area contributed by atoms with Crippen LogP contribution in [0.25, 0.3) is 0 Å². The molecule has 30 heavy (non-hydrogen) atoms. The molecule has 0 spiro atoms. The van der Waals surface area contributed by atoms with Crippen LogP contribution in [0, 0.1) is 13.8 Å². The van der Waals surface area contributed by atoms with Crippen LogP contribution in [0.15, 0.2) is 51.6 Å². The maximum Gasteiger partial charge on any atom is 0.355 e. The first-order chi connectivity index (χ1) is 14.4. The van der Waals surface area contributed by atoms with Gasteiger partial charge in [-0.1, -0.05) is 15.9 Å². The van der Waals surface area contributed by atoms with Crippen molar-refractivity contribution in [3.63, 3.8) is 0 Å². The van der Waals surface area contributed by atoms with E-state index in [1.807, 2.05) is 44.2 Å². The summed E-state index contributed by atoms with van der Waals surface area (Å²) in [4.78, 5) is 30.0. The minimum atomic E-state index is -0.402. The van der Waals surface area contributed by atoms with Crippen molar-refractivity contribution in [1.29, 1.82) is 0 Å². The normalized spacial score (nSPS) is 10.7. The molecule has 0 aliphatic carbocycles. The third kappa shape index (κ3) is 5.13. The maximum atomic E-state index is 13.1. The molecule has 8 heteroatoms. The van der Waals surface area contributed by atoms with Crippen LogP contribution >= 0.6 is 15.9 Å². The molecule has 0 radical (unpaired) electrons. The van der Waals surface area contributed by atoms with E-state index in [2.05, 4.69) is 26.2 Å². The number of carbonyl (C=O) groups is 2. The molecular weight excluding hydrogens is 450 g/mol. The molecule has 0 aliphatic rings. The van der Waals surface area contributed by atoms with Gasteiger partial charge in [-0.3, -0.25) is 0 Å². The fourth-order valence-corrected chi connectivity index (χ4v) is 3.41. The van der Waals surface area contributed by atoms with E-state index in [4.69, 9.17) is 9.15 Å². The molecule has 0 fully saturated rings. The molecule has 0 saturated carbocycles. The van der Waals surface area contributed by atoms with Gasteiger partial charge in [0.15, 0.2) is 0 Å². The average molecular weight is 474 g/mol. The number of esters is 1. The van der Waals surface area contributed by atoms with Crippen LogP contribution < -0.4 is 5.32 Å². The van der Waals surface area contributed by atoms with Crippen LogP contribution in [0.3, 0.4) is 0 Å². The molecule has 2 amide bonds. The summed E-state index contributed by atoms with van der Waals surface area (Å²) >= 11 is 3.39. The first kappa shape index (κ1) is 21.7. The summed E-state index contributed by atoms with van der Waals surface area (Å²) in [7, 11) is 0. The molecule has 2 aromatic heterocycles. The summed E-state index contributed by atoms with van der Waals surface area (Å²) in [6, 6.07) is 10.7. The van der Waals surface area contributed by atoms with E-state index in [1.54, 1.807) is 24.2 Å². The van der Waals surface area contributed by atoms with E-state index in [1.165, 1.54) is 0 Å². The number of anilines is 1. The van der Waals surface area contributed by atoms with Gasteiger partial charge in [-0.05, 0) is 68.3 Å². The lowest BCUT2D eigenvalue weighted by molar-refractivity contribution is 0.0519. The van der Waals surface area contributed by atoms with Crippen molar-refractivity contribution in [1.82, 2.24) is 9.88 Å². The smallest absolute Gasteiger partial charge is 0.355 e. The molecule has 2 heterocycles. The number of hydrogen-bond donors (Lipinski definition) is 2. The summed E-state index contributed by atoms with van der Waals surface area (Å²) < 4.78 is 11.5. The van der Waals surface area contributed by atoms with Crippen molar-refractivity contribution in [3.8, 4) is 0 Å². The van der Waals surface area contributed by atoms with Gasteiger partial charge >= 0.3 is 12.0 Å². The summed E-state index contributed by atoms with van der Waals surface area (Å²) in [6.07, 6.45) is 1.58. The number of halogens is 1. The number of nitrogens with one attached hydrogen (secondary N) is 2. The molecule has 2 N–H and O–H groups in total. The van der Waals surface area contributed by atoms with Crippen LogP contribution in [-0.2, 0) is 17.8 Å². The molecule has 158 valence electrons. The summed E-state index contributed by atoms with van der Waals surface area (Å²) in [5.74, 6) is 0.263. The van der Waals surface area contributed by atoms with Crippen LogP contribution in [0.5, 0.6) is 0 Å². The van der Waals surface area contributed by atoms with Gasteiger partial charge in [-0.25, -0.2) is 9.59 Å². The Labute approximate surface area is 183 Å². The molecule has 0 saturated heterocycles. The number of ether oxygens (including phenoxy) is 1. The molecule has 7 nitrogen and oxygen atoms in total. The van der Waals surface area contributed by atoms with Gasteiger partial charge in [-0.2, -0.15) is 0 Å². The van der Waals surface area contributed by atoms with E-state index in [-0.39, 0.29) is 12.6 Å². The molecule has 0 atom stereocenters. The summed E-state index contributed by atoms with van der Waals surface area (Å²) in [5, 5.41) is 2.91. The maximum absolute atomic E-state index is 13.1. The molecule has 0 bridgehead atoms. The van der Waals surface area contributed by atoms with Gasteiger partial charge in [0, 0.05) is 22.4 Å². The number of amides is 2. The Morgan fingerprint density at radius 1 is 1.17 bits per heavy atom. The summed E-state index contributed by atoms with van der Waals surface area (Å²) in [6.45, 7) is 6.38. The van der Waals surface area contributed by atoms with Crippen LogP contribution in [0.4, 0.5) is 10.5 Å². The number of aromatic amines is 1. The predicted octanol–water partition coefficient (Wildman–Crippen LogP) is 5.40. The standard InChI is InChI=1S/C22H24BrN3O4/c1-4-29-21(27)20-14(2)19(15(3)24-20)13-26(12-18-6-5-11-30-18)22(28)25-17-9-7-16(23)8-10-17/h5-11,24H,4,12-13H2,1-3H3,(H,25,28). The van der Waals surface area contributed by atoms with Crippen LogP contribution in [0.1, 0.15) is 40.0 Å². The van der Waals surface area contributed by atoms with E-state index in [0.29, 0.717) is 30.3 Å². The van der Waals surface area contributed by atoms with Crippen molar-refractivity contribution in [2.75, 3.05) is 11.9 Å². The number of urea groups is 1. The number of furan rings is 1. The number of hydrogen-bond acceptors (Lipinski definition) is 4. The Kier molecular flexibility index (Phi) is 6.99. The van der Waals surface area contributed by atoms with E-state index < -0.39 is 5.97 Å². The van der Waals surface area contributed by atoms with Crippen LogP contribution in [0.2, 0.25) is 0 Å². The Morgan fingerprint density at radius 3 is 2.53 bits per heavy atom. The number of rotatable bonds is 7. The SMILES string of the molecule is CCOC(=O)c1[nH]c(C)c(CN(Cc2ccco2)C(=O)Nc2ccc(Br)cc2)c1C. The van der Waals surface area contributed by atoms with Crippen molar-refractivity contribution in [2.45, 2.75) is 33.9 Å². The highest BCUT2D eigenvalue weighted by atomic mass is 79.9. The van der Waals surface area contributed by atoms with Gasteiger partial charge < -0.3 is 24.4 Å². The average Bonchev–Trinajstić information content (AvgIpc) is 3.32. The Hall–Kier alpha value is -3.00. The van der Waals surface area contributed by atoms with E-state index in [0.717, 1.165) is 21.3 Å². The highest BCUT2D eigenvalue weighted by Crippen LogP contribution is 2.23. The second-order valence-corrected chi connectivity index (χ2v) is 7.74. The lowest BCUT2D eigenvalue weighted by Gasteiger charge is -2.23. The fourth-order valence-electron chi connectivity index (χ4n) is 3.15. The van der Waals surface area contributed by atoms with Crippen molar-refractivity contribution in [2.24, 2.45) is 0 Å². The van der Waals surface area contributed by atoms with Gasteiger partial charge in [0.1, 0.15) is 11.5 Å². The highest BCUT2D eigenvalue weighted by molar-refractivity contribution is 9.10. The Balaban J connectivity index is 1.85. The quantitative estimate of drug-likeness (QED) is 0.449. The van der Waals surface area contributed by atoms with Gasteiger partial charge in [0.05, 0.1) is 19.4 Å². The lowest BCUT2D eigenvalue weighted by Crippen LogP contribution is -2.34. The summed E-state index contributed by atoms with van der Waals surface area (Å²) in [5.41, 5.74) is 3.55. The van der Waals surface area contributed by atoms with E-state index in [9.17, 15) is 9.59 Å². The van der Waals surface area contributed by atoms with Gasteiger partial charge in [0.2, 0.25) is 0 Å². The number of carbonyl (C=O) groups excluding carboxylic acids is 2. The second kappa shape index (κ2) is 9.67. The third-order valence-corrected chi connectivity index (χ3v) is 5.26. The zero-order valence-corrected chi connectivity index (χ0v) is 18.7. The number of benzene rings is 1. The van der Waals surface area contributed by atoms with Crippen LogP contribution in [-0.4, -0.2) is 28.5 Å². The fraction of sp³-hybridized carbons (Fsp3) is 0.273. The topological polar surface area (TPSA) is 87.6 Å². The highest BCUT2D eigenvalue weighted by Gasteiger charge is 2.23. The number of aromatic nitrogens is 1. The molecule has 3 aromatic rings. The Bertz CT molecular complexity index is 1010. The minimum absolute atomic E-state index is 0.272. The molecule has 0 unspecified atom stereocenters. The zero-order valence-electron chi connectivity index (χ0n) is 17.1. The third-order valence-electron chi connectivity index (χ3n) is 4.73. The first-order valence-corrected chi connectivity index (χ1v) is 10.4. The largest absolute Gasteiger partial charge is 0.467 e. The number of H-pyrrole nitrogens is 1. The predicted molar refractivity (Wildman–Crippen MR) is 117 cm³/mol. The Morgan fingerprint density at radius 2 is 1.90 bits per heavy atom. The first-order valence-electron chi connectivity index (χ1n) is 9.58. The van der Waals surface area contributed by atoms with Crippen molar-refractivity contribution >= 4 is 33.6 Å².